The number of methoxy groups -OCH3 is 1. The van der Waals surface area contributed by atoms with Crippen molar-refractivity contribution in [1.29, 1.82) is 0 Å². The number of amides is 1. The fourth-order valence-corrected chi connectivity index (χ4v) is 3.69. The normalized spacial score (nSPS) is 15.0. The zero-order valence-corrected chi connectivity index (χ0v) is 16.5. The van der Waals surface area contributed by atoms with Crippen LogP contribution < -0.4 is 4.74 Å². The second-order valence-corrected chi connectivity index (χ2v) is 7.24. The van der Waals surface area contributed by atoms with E-state index in [1.807, 2.05) is 47.6 Å². The van der Waals surface area contributed by atoms with Gasteiger partial charge in [0.2, 0.25) is 0 Å². The SMILES string of the molecule is COc1ccccc1-n1cnc(C(=O)N2CCC(c3nc(C)c(C)[nH]3)CC2)c1. The number of aryl methyl sites for hydroxylation is 2. The molecule has 4 rings (SSSR count). The Bertz CT molecular complexity index is 963. The van der Waals surface area contributed by atoms with Crippen LogP contribution >= 0.6 is 0 Å². The Morgan fingerprint density at radius 2 is 1.96 bits per heavy atom. The fourth-order valence-electron chi connectivity index (χ4n) is 3.69. The number of imidazole rings is 2. The van der Waals surface area contributed by atoms with Crippen LogP contribution in [-0.2, 0) is 0 Å². The second kappa shape index (κ2) is 7.50. The van der Waals surface area contributed by atoms with Gasteiger partial charge in [0, 0.05) is 30.9 Å². The summed E-state index contributed by atoms with van der Waals surface area (Å²) in [5, 5.41) is 0. The molecule has 3 heterocycles. The molecule has 1 aliphatic rings. The first-order chi connectivity index (χ1) is 13.6. The number of aromatic nitrogens is 4. The number of hydrogen-bond donors (Lipinski definition) is 1. The highest BCUT2D eigenvalue weighted by molar-refractivity contribution is 5.92. The Hall–Kier alpha value is -3.09. The Balaban J connectivity index is 1.44. The van der Waals surface area contributed by atoms with Crippen LogP contribution in [0.1, 0.15) is 46.5 Å². The molecular weight excluding hydrogens is 354 g/mol. The van der Waals surface area contributed by atoms with Crippen LogP contribution in [0.2, 0.25) is 0 Å². The van der Waals surface area contributed by atoms with E-state index in [-0.39, 0.29) is 5.91 Å². The second-order valence-electron chi connectivity index (χ2n) is 7.24. The summed E-state index contributed by atoms with van der Waals surface area (Å²) in [4.78, 5) is 27.1. The Labute approximate surface area is 164 Å². The lowest BCUT2D eigenvalue weighted by Crippen LogP contribution is -2.38. The number of benzene rings is 1. The van der Waals surface area contributed by atoms with Gasteiger partial charge >= 0.3 is 0 Å². The maximum Gasteiger partial charge on any atom is 0.274 e. The van der Waals surface area contributed by atoms with Crippen LogP contribution in [0.4, 0.5) is 0 Å². The predicted molar refractivity (Wildman–Crippen MR) is 106 cm³/mol. The topological polar surface area (TPSA) is 76.0 Å². The molecule has 7 nitrogen and oxygen atoms in total. The van der Waals surface area contributed by atoms with Gasteiger partial charge in [0.25, 0.3) is 5.91 Å². The molecule has 1 saturated heterocycles. The molecule has 0 atom stereocenters. The third kappa shape index (κ3) is 3.40. The summed E-state index contributed by atoms with van der Waals surface area (Å²) in [6, 6.07) is 7.67. The molecule has 2 aromatic heterocycles. The number of ether oxygens (including phenoxy) is 1. The number of carbonyl (C=O) groups is 1. The van der Waals surface area contributed by atoms with Crippen molar-refractivity contribution in [2.75, 3.05) is 20.2 Å². The Morgan fingerprint density at radius 1 is 1.21 bits per heavy atom. The molecule has 0 saturated carbocycles. The largest absolute Gasteiger partial charge is 0.495 e. The molecule has 1 aliphatic heterocycles. The maximum absolute atomic E-state index is 12.9. The van der Waals surface area contributed by atoms with Crippen molar-refractivity contribution < 1.29 is 9.53 Å². The van der Waals surface area contributed by atoms with E-state index >= 15 is 0 Å². The number of H-pyrrole nitrogens is 1. The standard InChI is InChI=1S/C21H25N5O2/c1-14-15(2)24-20(23-14)16-8-10-25(11-9-16)21(27)17-12-26(13-22-17)18-6-4-5-7-19(18)28-3/h4-7,12-13,16H,8-11H2,1-3H3,(H,23,24). The van der Waals surface area contributed by atoms with Crippen molar-refractivity contribution in [3.05, 3.63) is 59.7 Å². The highest BCUT2D eigenvalue weighted by Gasteiger charge is 2.27. The molecule has 1 fully saturated rings. The molecule has 0 aliphatic carbocycles. The number of hydrogen-bond acceptors (Lipinski definition) is 4. The first-order valence-electron chi connectivity index (χ1n) is 9.56. The number of para-hydroxylation sites is 2. The number of nitrogens with zero attached hydrogens (tertiary/aromatic N) is 4. The summed E-state index contributed by atoms with van der Waals surface area (Å²) in [5.41, 5.74) is 3.48. The number of likely N-dealkylation sites (tertiary alicyclic amines) is 1. The van der Waals surface area contributed by atoms with Crippen molar-refractivity contribution in [3.63, 3.8) is 0 Å². The summed E-state index contributed by atoms with van der Waals surface area (Å²) in [6.45, 7) is 5.49. The van der Waals surface area contributed by atoms with Crippen LogP contribution in [0.5, 0.6) is 5.75 Å². The first-order valence-corrected chi connectivity index (χ1v) is 9.56. The molecule has 7 heteroatoms. The third-order valence-electron chi connectivity index (χ3n) is 5.48. The van der Waals surface area contributed by atoms with E-state index in [1.54, 1.807) is 19.6 Å². The summed E-state index contributed by atoms with van der Waals surface area (Å²) < 4.78 is 7.22. The lowest BCUT2D eigenvalue weighted by molar-refractivity contribution is 0.0705. The number of piperidine rings is 1. The van der Waals surface area contributed by atoms with Gasteiger partial charge in [-0.1, -0.05) is 12.1 Å². The van der Waals surface area contributed by atoms with Crippen LogP contribution in [0.25, 0.3) is 5.69 Å². The van der Waals surface area contributed by atoms with E-state index in [2.05, 4.69) is 15.0 Å². The molecule has 3 aromatic rings. The molecule has 0 spiro atoms. The van der Waals surface area contributed by atoms with E-state index in [0.717, 1.165) is 41.5 Å². The fraction of sp³-hybridized carbons (Fsp3) is 0.381. The molecular formula is C21H25N5O2. The molecule has 1 amide bonds. The third-order valence-corrected chi connectivity index (χ3v) is 5.48. The van der Waals surface area contributed by atoms with Crippen LogP contribution in [0.15, 0.2) is 36.8 Å². The first kappa shape index (κ1) is 18.3. The van der Waals surface area contributed by atoms with E-state index in [4.69, 9.17) is 4.74 Å². The predicted octanol–water partition coefficient (Wildman–Crippen LogP) is 3.24. The quantitative estimate of drug-likeness (QED) is 0.755. The summed E-state index contributed by atoms with van der Waals surface area (Å²) in [5.74, 6) is 2.13. The van der Waals surface area contributed by atoms with Crippen molar-refractivity contribution in [3.8, 4) is 11.4 Å². The van der Waals surface area contributed by atoms with Gasteiger partial charge < -0.3 is 19.2 Å². The van der Waals surface area contributed by atoms with E-state index in [9.17, 15) is 4.79 Å². The Morgan fingerprint density at radius 3 is 2.64 bits per heavy atom. The monoisotopic (exact) mass is 379 g/mol. The van der Waals surface area contributed by atoms with Crippen molar-refractivity contribution in [2.24, 2.45) is 0 Å². The lowest BCUT2D eigenvalue weighted by atomic mass is 9.96. The minimum atomic E-state index is -0.0288. The van der Waals surface area contributed by atoms with Crippen LogP contribution in [0.3, 0.4) is 0 Å². The molecule has 1 aromatic carbocycles. The minimum Gasteiger partial charge on any atom is -0.495 e. The molecule has 0 unspecified atom stereocenters. The molecule has 0 radical (unpaired) electrons. The van der Waals surface area contributed by atoms with Crippen LogP contribution in [0, 0.1) is 13.8 Å². The molecule has 28 heavy (non-hydrogen) atoms. The molecule has 0 bridgehead atoms. The minimum absolute atomic E-state index is 0.0288. The average Bonchev–Trinajstić information content (AvgIpc) is 3.35. The summed E-state index contributed by atoms with van der Waals surface area (Å²) >= 11 is 0. The van der Waals surface area contributed by atoms with Gasteiger partial charge in [-0.2, -0.15) is 0 Å². The van der Waals surface area contributed by atoms with E-state index in [0.29, 0.717) is 24.7 Å². The Kier molecular flexibility index (Phi) is 4.90. The number of rotatable bonds is 4. The average molecular weight is 379 g/mol. The maximum atomic E-state index is 12.9. The van der Waals surface area contributed by atoms with Crippen molar-refractivity contribution >= 4 is 5.91 Å². The van der Waals surface area contributed by atoms with Gasteiger partial charge in [-0.3, -0.25) is 4.79 Å². The van der Waals surface area contributed by atoms with Gasteiger partial charge in [-0.25, -0.2) is 9.97 Å². The zero-order chi connectivity index (χ0) is 19.7. The van der Waals surface area contributed by atoms with Gasteiger partial charge in [0.15, 0.2) is 0 Å². The van der Waals surface area contributed by atoms with Gasteiger partial charge in [-0.05, 0) is 38.8 Å². The van der Waals surface area contributed by atoms with Gasteiger partial charge in [-0.15, -0.1) is 0 Å². The highest BCUT2D eigenvalue weighted by atomic mass is 16.5. The number of carbonyl (C=O) groups excluding carboxylic acids is 1. The van der Waals surface area contributed by atoms with Crippen molar-refractivity contribution in [2.45, 2.75) is 32.6 Å². The summed E-state index contributed by atoms with van der Waals surface area (Å²) in [7, 11) is 1.63. The van der Waals surface area contributed by atoms with E-state index in [1.165, 1.54) is 0 Å². The van der Waals surface area contributed by atoms with Gasteiger partial charge in [0.05, 0.1) is 18.5 Å². The van der Waals surface area contributed by atoms with Crippen molar-refractivity contribution in [1.82, 2.24) is 24.4 Å². The lowest BCUT2D eigenvalue weighted by Gasteiger charge is -2.30. The van der Waals surface area contributed by atoms with E-state index < -0.39 is 0 Å². The zero-order valence-electron chi connectivity index (χ0n) is 16.5. The molecule has 146 valence electrons. The van der Waals surface area contributed by atoms with Gasteiger partial charge in [0.1, 0.15) is 23.6 Å². The number of nitrogens with one attached hydrogen (secondary N) is 1. The summed E-state index contributed by atoms with van der Waals surface area (Å²) in [6.07, 6.45) is 5.24. The van der Waals surface area contributed by atoms with Crippen LogP contribution in [-0.4, -0.2) is 50.5 Å². The molecule has 1 N–H and O–H groups in total. The highest BCUT2D eigenvalue weighted by Crippen LogP contribution is 2.28. The number of aromatic amines is 1. The smallest absolute Gasteiger partial charge is 0.274 e.